The summed E-state index contributed by atoms with van der Waals surface area (Å²) in [5.74, 6) is 0.0435. The second-order valence-corrected chi connectivity index (χ2v) is 7.85. The zero-order valence-corrected chi connectivity index (χ0v) is 15.8. The molecule has 1 atom stereocenters. The first-order valence-corrected chi connectivity index (χ1v) is 10.0. The first kappa shape index (κ1) is 18.5. The minimum Gasteiger partial charge on any atom is -0.300 e. The molecule has 26 heavy (non-hydrogen) atoms. The molecular weight excluding hydrogens is 369 g/mol. The molecule has 0 bridgehead atoms. The van der Waals surface area contributed by atoms with E-state index in [2.05, 4.69) is 15.5 Å². The highest BCUT2D eigenvalue weighted by Gasteiger charge is 2.20. The number of carbonyl (C=O) groups excluding carboxylic acids is 1. The molecule has 0 aliphatic carbocycles. The Morgan fingerprint density at radius 2 is 2.00 bits per heavy atom. The Labute approximate surface area is 159 Å². The highest BCUT2D eigenvalue weighted by atomic mass is 32.2. The van der Waals surface area contributed by atoms with E-state index in [0.717, 1.165) is 15.5 Å². The molecule has 4 nitrogen and oxygen atoms in total. The van der Waals surface area contributed by atoms with Gasteiger partial charge in [0.15, 0.2) is 4.34 Å². The number of nitrogens with zero attached hydrogens (tertiary/aromatic N) is 2. The summed E-state index contributed by atoms with van der Waals surface area (Å²) in [7, 11) is 0. The third-order valence-corrected chi connectivity index (χ3v) is 5.86. The summed E-state index contributed by atoms with van der Waals surface area (Å²) in [5.41, 5.74) is 1.86. The molecule has 0 aliphatic rings. The molecule has 0 fully saturated rings. The van der Waals surface area contributed by atoms with Crippen molar-refractivity contribution >= 4 is 34.1 Å². The molecule has 1 N–H and O–H groups in total. The van der Waals surface area contributed by atoms with E-state index in [1.54, 1.807) is 6.07 Å². The fourth-order valence-electron chi connectivity index (χ4n) is 2.54. The van der Waals surface area contributed by atoms with Gasteiger partial charge in [-0.3, -0.25) is 10.1 Å². The monoisotopic (exact) mass is 387 g/mol. The lowest BCUT2D eigenvalue weighted by Crippen LogP contribution is -2.20. The third-order valence-electron chi connectivity index (χ3n) is 3.81. The number of anilines is 1. The molecule has 1 aromatic heterocycles. The number of aromatic nitrogens is 2. The molecule has 0 unspecified atom stereocenters. The number of halogens is 1. The van der Waals surface area contributed by atoms with Crippen molar-refractivity contribution in [3.8, 4) is 0 Å². The van der Waals surface area contributed by atoms with Crippen molar-refractivity contribution < 1.29 is 9.18 Å². The van der Waals surface area contributed by atoms with Crippen LogP contribution in [0.25, 0.3) is 0 Å². The number of carbonyl (C=O) groups is 1. The molecule has 3 aromatic rings. The lowest BCUT2D eigenvalue weighted by molar-refractivity contribution is -0.117. The van der Waals surface area contributed by atoms with Gasteiger partial charge in [0.2, 0.25) is 11.0 Å². The smallest absolute Gasteiger partial charge is 0.233 e. The molecule has 7 heteroatoms. The number of nitrogens with one attached hydrogen (secondary N) is 1. The van der Waals surface area contributed by atoms with Gasteiger partial charge in [0.05, 0.1) is 5.92 Å². The first-order chi connectivity index (χ1) is 12.7. The molecule has 0 saturated carbocycles. The van der Waals surface area contributed by atoms with Gasteiger partial charge in [0, 0.05) is 5.75 Å². The van der Waals surface area contributed by atoms with E-state index in [-0.39, 0.29) is 17.6 Å². The van der Waals surface area contributed by atoms with E-state index < -0.39 is 0 Å². The third kappa shape index (κ3) is 4.89. The fraction of sp³-hybridized carbons (Fsp3) is 0.211. The Morgan fingerprint density at radius 1 is 1.19 bits per heavy atom. The SMILES string of the molecule is CC[C@@H](C(=O)Nc1nnc(SCc2cccc(F)c2)s1)c1ccccc1. The van der Waals surface area contributed by atoms with Gasteiger partial charge >= 0.3 is 0 Å². The Bertz CT molecular complexity index is 870. The largest absolute Gasteiger partial charge is 0.300 e. The van der Waals surface area contributed by atoms with Crippen LogP contribution in [0.2, 0.25) is 0 Å². The highest BCUT2D eigenvalue weighted by molar-refractivity contribution is 8.00. The van der Waals surface area contributed by atoms with Crippen LogP contribution in [0.15, 0.2) is 58.9 Å². The van der Waals surface area contributed by atoms with Crippen LogP contribution in [-0.4, -0.2) is 16.1 Å². The van der Waals surface area contributed by atoms with E-state index in [9.17, 15) is 9.18 Å². The Hall–Kier alpha value is -2.25. The van der Waals surface area contributed by atoms with Crippen molar-refractivity contribution in [3.05, 3.63) is 71.5 Å². The maximum atomic E-state index is 13.2. The number of benzene rings is 2. The van der Waals surface area contributed by atoms with Gasteiger partial charge < -0.3 is 0 Å². The van der Waals surface area contributed by atoms with Crippen LogP contribution in [0.3, 0.4) is 0 Å². The van der Waals surface area contributed by atoms with Crippen LogP contribution in [0.1, 0.15) is 30.4 Å². The number of amides is 1. The van der Waals surface area contributed by atoms with E-state index in [4.69, 9.17) is 0 Å². The Balaban J connectivity index is 1.60. The number of thioether (sulfide) groups is 1. The lowest BCUT2D eigenvalue weighted by Gasteiger charge is -2.13. The second kappa shape index (κ2) is 8.91. The van der Waals surface area contributed by atoms with E-state index in [1.807, 2.05) is 43.3 Å². The van der Waals surface area contributed by atoms with Gasteiger partial charge in [-0.05, 0) is 29.7 Å². The molecule has 0 radical (unpaired) electrons. The van der Waals surface area contributed by atoms with Gasteiger partial charge in [-0.25, -0.2) is 4.39 Å². The van der Waals surface area contributed by atoms with E-state index in [1.165, 1.54) is 35.2 Å². The molecule has 1 heterocycles. The van der Waals surface area contributed by atoms with E-state index in [0.29, 0.717) is 17.3 Å². The molecule has 3 rings (SSSR count). The summed E-state index contributed by atoms with van der Waals surface area (Å²) in [4.78, 5) is 12.5. The van der Waals surface area contributed by atoms with Gasteiger partial charge in [-0.2, -0.15) is 0 Å². The van der Waals surface area contributed by atoms with Crippen LogP contribution < -0.4 is 5.32 Å². The zero-order valence-electron chi connectivity index (χ0n) is 14.2. The summed E-state index contributed by atoms with van der Waals surface area (Å²) < 4.78 is 13.9. The van der Waals surface area contributed by atoms with Crippen molar-refractivity contribution in [1.82, 2.24) is 10.2 Å². The van der Waals surface area contributed by atoms with Gasteiger partial charge in [0.25, 0.3) is 0 Å². The molecule has 0 aliphatic heterocycles. The maximum Gasteiger partial charge on any atom is 0.233 e. The van der Waals surface area contributed by atoms with Crippen LogP contribution in [0, 0.1) is 5.82 Å². The Morgan fingerprint density at radius 3 is 2.73 bits per heavy atom. The quantitative estimate of drug-likeness (QED) is 0.452. The summed E-state index contributed by atoms with van der Waals surface area (Å²) >= 11 is 2.79. The predicted octanol–water partition coefficient (Wildman–Crippen LogP) is 5.10. The van der Waals surface area contributed by atoms with Gasteiger partial charge in [-0.15, -0.1) is 10.2 Å². The minimum atomic E-state index is -0.250. The zero-order chi connectivity index (χ0) is 18.4. The average Bonchev–Trinajstić information content (AvgIpc) is 3.09. The standard InChI is InChI=1S/C19H18FN3OS2/c1-2-16(14-8-4-3-5-9-14)17(24)21-18-22-23-19(26-18)25-12-13-7-6-10-15(20)11-13/h3-11,16H,2,12H2,1H3,(H,21,22,24)/t16-/m1/s1. The lowest BCUT2D eigenvalue weighted by atomic mass is 9.96. The second-order valence-electron chi connectivity index (χ2n) is 5.65. The Kier molecular flexibility index (Phi) is 6.35. The summed E-state index contributed by atoms with van der Waals surface area (Å²) in [6, 6.07) is 16.2. The maximum absolute atomic E-state index is 13.2. The summed E-state index contributed by atoms with van der Waals surface area (Å²) in [6.07, 6.45) is 0.704. The fourth-order valence-corrected chi connectivity index (χ4v) is 4.24. The van der Waals surface area contributed by atoms with Crippen LogP contribution in [0.4, 0.5) is 9.52 Å². The topological polar surface area (TPSA) is 54.9 Å². The highest BCUT2D eigenvalue weighted by Crippen LogP contribution is 2.29. The van der Waals surface area contributed by atoms with E-state index >= 15 is 0 Å². The molecule has 134 valence electrons. The summed E-state index contributed by atoms with van der Waals surface area (Å²) in [5, 5.41) is 11.5. The molecular formula is C19H18FN3OS2. The molecule has 1 amide bonds. The number of rotatable bonds is 7. The average molecular weight is 388 g/mol. The van der Waals surface area contributed by atoms with Crippen molar-refractivity contribution in [2.75, 3.05) is 5.32 Å². The minimum absolute atomic E-state index is 0.0865. The van der Waals surface area contributed by atoms with Crippen LogP contribution in [-0.2, 0) is 10.5 Å². The van der Waals surface area contributed by atoms with Crippen LogP contribution >= 0.6 is 23.1 Å². The number of hydrogen-bond acceptors (Lipinski definition) is 5. The summed E-state index contributed by atoms with van der Waals surface area (Å²) in [6.45, 7) is 1.98. The number of hydrogen-bond donors (Lipinski definition) is 1. The van der Waals surface area contributed by atoms with Crippen molar-refractivity contribution in [2.45, 2.75) is 29.4 Å². The van der Waals surface area contributed by atoms with Crippen molar-refractivity contribution in [3.63, 3.8) is 0 Å². The molecule has 2 aromatic carbocycles. The molecule has 0 spiro atoms. The van der Waals surface area contributed by atoms with Gasteiger partial charge in [-0.1, -0.05) is 72.5 Å². The van der Waals surface area contributed by atoms with Crippen molar-refractivity contribution in [2.24, 2.45) is 0 Å². The van der Waals surface area contributed by atoms with Crippen molar-refractivity contribution in [1.29, 1.82) is 0 Å². The molecule has 0 saturated heterocycles. The normalized spacial score (nSPS) is 11.9. The van der Waals surface area contributed by atoms with Gasteiger partial charge in [0.1, 0.15) is 5.82 Å². The predicted molar refractivity (Wildman–Crippen MR) is 104 cm³/mol. The first-order valence-electron chi connectivity index (χ1n) is 8.22. The van der Waals surface area contributed by atoms with Crippen LogP contribution in [0.5, 0.6) is 0 Å².